The maximum atomic E-state index is 13.6. The molecule has 3 aromatic rings. The monoisotopic (exact) mass is 320 g/mol. The van der Waals surface area contributed by atoms with Crippen molar-refractivity contribution in [2.45, 2.75) is 6.92 Å². The number of rotatable bonds is 2. The van der Waals surface area contributed by atoms with Gasteiger partial charge in [0.05, 0.1) is 16.7 Å². The molecule has 6 heteroatoms. The maximum absolute atomic E-state index is 13.6. The zero-order valence-corrected chi connectivity index (χ0v) is 12.6. The van der Waals surface area contributed by atoms with Crippen molar-refractivity contribution in [3.05, 3.63) is 52.7 Å². The number of hydrogen-bond donors (Lipinski definition) is 0. The van der Waals surface area contributed by atoms with E-state index >= 15 is 0 Å². The molecule has 0 saturated carbocycles. The van der Waals surface area contributed by atoms with Crippen molar-refractivity contribution in [2.24, 2.45) is 7.05 Å². The van der Waals surface area contributed by atoms with E-state index in [4.69, 9.17) is 11.6 Å². The quantitative estimate of drug-likeness (QED) is 0.657. The van der Waals surface area contributed by atoms with Gasteiger partial charge in [-0.3, -0.25) is 9.48 Å². The Morgan fingerprint density at radius 2 is 1.82 bits per heavy atom. The van der Waals surface area contributed by atoms with Gasteiger partial charge in [-0.2, -0.15) is 5.10 Å². The minimum atomic E-state index is -0.713. The summed E-state index contributed by atoms with van der Waals surface area (Å²) in [7, 11) is 1.68. The van der Waals surface area contributed by atoms with Crippen LogP contribution in [0.1, 0.15) is 17.3 Å². The van der Waals surface area contributed by atoms with E-state index in [2.05, 4.69) is 5.10 Å². The summed E-state index contributed by atoms with van der Waals surface area (Å²) in [4.78, 5) is 12.0. The normalized spacial score (nSPS) is 11.1. The van der Waals surface area contributed by atoms with Crippen LogP contribution in [-0.2, 0) is 7.05 Å². The van der Waals surface area contributed by atoms with Gasteiger partial charge in [-0.15, -0.1) is 0 Å². The summed E-state index contributed by atoms with van der Waals surface area (Å²) in [6.07, 6.45) is 1.56. The standard InChI is InChI=1S/C16H11ClF2N2O/c1-8(22)12-6-14(17)13-7-20-21(2)16(13)15(12)9-3-10(18)5-11(19)4-9/h3-7H,1-2H3. The number of carbonyl (C=O) groups excluding carboxylic acids is 1. The molecule has 0 radical (unpaired) electrons. The van der Waals surface area contributed by atoms with Crippen molar-refractivity contribution in [3.8, 4) is 11.1 Å². The number of nitrogens with zero attached hydrogens (tertiary/aromatic N) is 2. The van der Waals surface area contributed by atoms with Crippen LogP contribution in [0.25, 0.3) is 22.0 Å². The molecule has 0 aliphatic carbocycles. The molecule has 0 unspecified atom stereocenters. The average Bonchev–Trinajstić information content (AvgIpc) is 2.80. The Labute approximate surface area is 130 Å². The zero-order valence-electron chi connectivity index (χ0n) is 11.8. The third-order valence-electron chi connectivity index (χ3n) is 3.50. The first-order valence-electron chi connectivity index (χ1n) is 6.50. The van der Waals surface area contributed by atoms with Gasteiger partial charge in [0.15, 0.2) is 5.78 Å². The first kappa shape index (κ1) is 14.7. The molecule has 1 heterocycles. The van der Waals surface area contributed by atoms with Gasteiger partial charge in [-0.25, -0.2) is 8.78 Å². The van der Waals surface area contributed by atoms with E-state index in [1.54, 1.807) is 13.2 Å². The predicted molar refractivity (Wildman–Crippen MR) is 81.1 cm³/mol. The molecule has 0 bridgehead atoms. The summed E-state index contributed by atoms with van der Waals surface area (Å²) in [6, 6.07) is 4.66. The van der Waals surface area contributed by atoms with Crippen molar-refractivity contribution >= 4 is 28.3 Å². The van der Waals surface area contributed by atoms with Crippen molar-refractivity contribution < 1.29 is 13.6 Å². The van der Waals surface area contributed by atoms with Crippen LogP contribution in [0.2, 0.25) is 5.02 Å². The lowest BCUT2D eigenvalue weighted by Gasteiger charge is -2.12. The molecule has 0 spiro atoms. The molecule has 2 aromatic carbocycles. The van der Waals surface area contributed by atoms with Gasteiger partial charge in [0, 0.05) is 29.6 Å². The molecule has 0 atom stereocenters. The molecule has 0 amide bonds. The highest BCUT2D eigenvalue weighted by molar-refractivity contribution is 6.36. The summed E-state index contributed by atoms with van der Waals surface area (Å²) in [5.41, 5.74) is 1.55. The van der Waals surface area contributed by atoms with Crippen LogP contribution in [0, 0.1) is 11.6 Å². The topological polar surface area (TPSA) is 34.9 Å². The lowest BCUT2D eigenvalue weighted by Crippen LogP contribution is -2.01. The Kier molecular flexibility index (Phi) is 3.45. The molecule has 1 aromatic heterocycles. The second-order valence-electron chi connectivity index (χ2n) is 5.03. The van der Waals surface area contributed by atoms with E-state index < -0.39 is 11.6 Å². The average molecular weight is 321 g/mol. The number of Topliss-reactive ketones (excluding diaryl/α,β-unsaturated/α-hetero) is 1. The van der Waals surface area contributed by atoms with Crippen LogP contribution < -0.4 is 0 Å². The minimum absolute atomic E-state index is 0.246. The summed E-state index contributed by atoms with van der Waals surface area (Å²) in [5, 5.41) is 5.11. The van der Waals surface area contributed by atoms with Crippen molar-refractivity contribution in [2.75, 3.05) is 0 Å². The Hall–Kier alpha value is -2.27. The summed E-state index contributed by atoms with van der Waals surface area (Å²) in [5.74, 6) is -1.67. The van der Waals surface area contributed by atoms with Crippen LogP contribution in [-0.4, -0.2) is 15.6 Å². The Morgan fingerprint density at radius 1 is 1.18 bits per heavy atom. The highest BCUT2D eigenvalue weighted by atomic mass is 35.5. The number of ketones is 1. The van der Waals surface area contributed by atoms with Gasteiger partial charge < -0.3 is 0 Å². The number of fused-ring (bicyclic) bond motifs is 1. The van der Waals surface area contributed by atoms with E-state index in [0.29, 0.717) is 27.1 Å². The highest BCUT2D eigenvalue weighted by Gasteiger charge is 2.20. The largest absolute Gasteiger partial charge is 0.294 e. The van der Waals surface area contributed by atoms with Crippen molar-refractivity contribution in [1.29, 1.82) is 0 Å². The molecule has 0 saturated heterocycles. The molecule has 0 fully saturated rings. The lowest BCUT2D eigenvalue weighted by atomic mass is 9.94. The zero-order chi connectivity index (χ0) is 16.0. The van der Waals surface area contributed by atoms with Crippen molar-refractivity contribution in [3.63, 3.8) is 0 Å². The van der Waals surface area contributed by atoms with Gasteiger partial charge in [0.1, 0.15) is 11.6 Å². The van der Waals surface area contributed by atoms with Gasteiger partial charge in [0.2, 0.25) is 0 Å². The molecule has 0 aliphatic rings. The van der Waals surface area contributed by atoms with Crippen LogP contribution in [0.5, 0.6) is 0 Å². The van der Waals surface area contributed by atoms with Gasteiger partial charge in [-0.1, -0.05) is 11.6 Å². The third kappa shape index (κ3) is 2.27. The predicted octanol–water partition coefficient (Wildman–Crippen LogP) is 4.37. The Morgan fingerprint density at radius 3 is 2.41 bits per heavy atom. The van der Waals surface area contributed by atoms with Gasteiger partial charge >= 0.3 is 0 Å². The fourth-order valence-electron chi connectivity index (χ4n) is 2.58. The second-order valence-corrected chi connectivity index (χ2v) is 5.43. The van der Waals surface area contributed by atoms with Crippen molar-refractivity contribution in [1.82, 2.24) is 9.78 Å². The Balaban J connectivity index is 2.50. The summed E-state index contributed by atoms with van der Waals surface area (Å²) >= 11 is 6.19. The van der Waals surface area contributed by atoms with E-state index in [1.807, 2.05) is 0 Å². The fraction of sp³-hybridized carbons (Fsp3) is 0.125. The number of carbonyl (C=O) groups is 1. The van der Waals surface area contributed by atoms with Crippen LogP contribution in [0.4, 0.5) is 8.78 Å². The van der Waals surface area contributed by atoms with Crippen LogP contribution in [0.15, 0.2) is 30.5 Å². The third-order valence-corrected chi connectivity index (χ3v) is 3.82. The van der Waals surface area contributed by atoms with E-state index in [9.17, 15) is 13.6 Å². The number of hydrogen-bond acceptors (Lipinski definition) is 2. The molecule has 22 heavy (non-hydrogen) atoms. The molecule has 112 valence electrons. The van der Waals surface area contributed by atoms with Gasteiger partial charge in [0.25, 0.3) is 0 Å². The molecule has 0 aliphatic heterocycles. The van der Waals surface area contributed by atoms with Gasteiger partial charge in [-0.05, 0) is 30.7 Å². The van der Waals surface area contributed by atoms with E-state index in [-0.39, 0.29) is 11.3 Å². The maximum Gasteiger partial charge on any atom is 0.160 e. The molecule has 3 nitrogen and oxygen atoms in total. The van der Waals surface area contributed by atoms with Crippen LogP contribution >= 0.6 is 11.6 Å². The van der Waals surface area contributed by atoms with E-state index in [1.165, 1.54) is 29.8 Å². The SMILES string of the molecule is CC(=O)c1cc(Cl)c2cnn(C)c2c1-c1cc(F)cc(F)c1. The smallest absolute Gasteiger partial charge is 0.160 e. The van der Waals surface area contributed by atoms with Crippen LogP contribution in [0.3, 0.4) is 0 Å². The number of benzene rings is 2. The Bertz CT molecular complexity index is 898. The second kappa shape index (κ2) is 5.18. The minimum Gasteiger partial charge on any atom is -0.294 e. The first-order valence-corrected chi connectivity index (χ1v) is 6.88. The highest BCUT2D eigenvalue weighted by Crippen LogP contribution is 2.37. The summed E-state index contributed by atoms with van der Waals surface area (Å²) in [6.45, 7) is 1.38. The summed E-state index contributed by atoms with van der Waals surface area (Å²) < 4.78 is 28.7. The number of halogens is 3. The van der Waals surface area contributed by atoms with E-state index in [0.717, 1.165) is 6.07 Å². The first-order chi connectivity index (χ1) is 10.4. The molecule has 0 N–H and O–H groups in total. The fourth-order valence-corrected chi connectivity index (χ4v) is 2.83. The number of aromatic nitrogens is 2. The lowest BCUT2D eigenvalue weighted by molar-refractivity contribution is 0.101. The molecule has 3 rings (SSSR count). The number of aryl methyl sites for hydroxylation is 1. The molecular formula is C16H11ClF2N2O. The molecular weight excluding hydrogens is 310 g/mol.